The second-order valence-corrected chi connectivity index (χ2v) is 3.99. The molecule has 0 atom stereocenters. The maximum atomic E-state index is 11.8. The lowest BCUT2D eigenvalue weighted by atomic mass is 9.86. The maximum absolute atomic E-state index is 11.8. The number of ketones is 1. The van der Waals surface area contributed by atoms with Crippen LogP contribution in [0, 0.1) is 0 Å². The van der Waals surface area contributed by atoms with Crippen LogP contribution in [0.25, 0.3) is 5.57 Å². The molecule has 88 valence electrons. The van der Waals surface area contributed by atoms with Gasteiger partial charge in [-0.15, -0.1) is 0 Å². The number of hydrogen-bond donors (Lipinski definition) is 0. The molecule has 2 rings (SSSR count). The maximum Gasteiger partial charge on any atom is 0.341 e. The highest BCUT2D eigenvalue weighted by atomic mass is 16.5. The molecule has 17 heavy (non-hydrogen) atoms. The molecule has 1 aliphatic rings. The molecule has 0 spiro atoms. The molecule has 0 unspecified atom stereocenters. The van der Waals surface area contributed by atoms with Gasteiger partial charge in [0.1, 0.15) is 5.57 Å². The van der Waals surface area contributed by atoms with Crippen molar-refractivity contribution in [2.75, 3.05) is 7.11 Å². The van der Waals surface area contributed by atoms with E-state index < -0.39 is 5.97 Å². The van der Waals surface area contributed by atoms with Crippen LogP contribution < -0.4 is 0 Å². The Morgan fingerprint density at radius 2 is 1.88 bits per heavy atom. The number of hydrogen-bond acceptors (Lipinski definition) is 3. The molecule has 0 N–H and O–H groups in total. The fourth-order valence-electron chi connectivity index (χ4n) is 2.11. The van der Waals surface area contributed by atoms with Gasteiger partial charge in [-0.05, 0) is 24.0 Å². The van der Waals surface area contributed by atoms with Gasteiger partial charge in [0, 0.05) is 6.42 Å². The number of methoxy groups -OCH3 is 1. The van der Waals surface area contributed by atoms with Crippen LogP contribution in [0.2, 0.25) is 0 Å². The fourth-order valence-corrected chi connectivity index (χ4v) is 2.11. The normalized spacial score (nSPS) is 15.9. The van der Waals surface area contributed by atoms with Crippen molar-refractivity contribution in [3.8, 4) is 0 Å². The highest BCUT2D eigenvalue weighted by Crippen LogP contribution is 2.30. The molecule has 1 aromatic rings. The Bertz CT molecular complexity index is 472. The van der Waals surface area contributed by atoms with Crippen molar-refractivity contribution in [3.63, 3.8) is 0 Å². The highest BCUT2D eigenvalue weighted by Gasteiger charge is 2.27. The average molecular weight is 230 g/mol. The number of ether oxygens (including phenoxy) is 1. The van der Waals surface area contributed by atoms with E-state index in [1.165, 1.54) is 7.11 Å². The molecular formula is C14H14O3. The molecule has 0 heterocycles. The number of rotatable bonds is 2. The molecular weight excluding hydrogens is 216 g/mol. The number of allylic oxidation sites excluding steroid dienone is 1. The van der Waals surface area contributed by atoms with Crippen molar-refractivity contribution in [2.24, 2.45) is 0 Å². The third-order valence-electron chi connectivity index (χ3n) is 2.92. The standard InChI is InChI=1S/C14H14O3/c1-17-14(16)13-11(8-5-9-12(13)15)10-6-3-2-4-7-10/h2-4,6-7H,5,8-9H2,1H3. The van der Waals surface area contributed by atoms with Crippen molar-refractivity contribution in [3.05, 3.63) is 41.5 Å². The van der Waals surface area contributed by atoms with Crippen LogP contribution in [0.5, 0.6) is 0 Å². The smallest absolute Gasteiger partial charge is 0.341 e. The van der Waals surface area contributed by atoms with Gasteiger partial charge in [-0.3, -0.25) is 4.79 Å². The van der Waals surface area contributed by atoms with E-state index in [1.807, 2.05) is 30.3 Å². The van der Waals surface area contributed by atoms with E-state index >= 15 is 0 Å². The van der Waals surface area contributed by atoms with E-state index in [4.69, 9.17) is 4.74 Å². The van der Waals surface area contributed by atoms with Crippen LogP contribution in [-0.4, -0.2) is 18.9 Å². The summed E-state index contributed by atoms with van der Waals surface area (Å²) in [6.45, 7) is 0. The van der Waals surface area contributed by atoms with Gasteiger partial charge in [-0.1, -0.05) is 30.3 Å². The van der Waals surface area contributed by atoms with Gasteiger partial charge in [0.2, 0.25) is 0 Å². The van der Waals surface area contributed by atoms with Gasteiger partial charge in [0.25, 0.3) is 0 Å². The lowest BCUT2D eigenvalue weighted by Crippen LogP contribution is -2.19. The molecule has 1 aromatic carbocycles. The summed E-state index contributed by atoms with van der Waals surface area (Å²) in [6, 6.07) is 9.53. The highest BCUT2D eigenvalue weighted by molar-refractivity contribution is 6.23. The van der Waals surface area contributed by atoms with E-state index in [9.17, 15) is 9.59 Å². The first-order valence-electron chi connectivity index (χ1n) is 5.64. The number of benzene rings is 1. The van der Waals surface area contributed by atoms with Crippen molar-refractivity contribution < 1.29 is 14.3 Å². The Kier molecular flexibility index (Phi) is 3.38. The van der Waals surface area contributed by atoms with Gasteiger partial charge in [0.05, 0.1) is 7.11 Å². The minimum absolute atomic E-state index is 0.109. The quantitative estimate of drug-likeness (QED) is 0.578. The van der Waals surface area contributed by atoms with Crippen LogP contribution in [-0.2, 0) is 14.3 Å². The van der Waals surface area contributed by atoms with Crippen LogP contribution in [0.3, 0.4) is 0 Å². The van der Waals surface area contributed by atoms with Crippen LogP contribution >= 0.6 is 0 Å². The van der Waals surface area contributed by atoms with Crippen molar-refractivity contribution in [2.45, 2.75) is 19.3 Å². The summed E-state index contributed by atoms with van der Waals surface area (Å²) in [4.78, 5) is 23.5. The first-order valence-corrected chi connectivity index (χ1v) is 5.64. The summed E-state index contributed by atoms with van der Waals surface area (Å²) < 4.78 is 4.69. The molecule has 0 amide bonds. The summed E-state index contributed by atoms with van der Waals surface area (Å²) in [5.74, 6) is -0.629. The van der Waals surface area contributed by atoms with E-state index in [0.717, 1.165) is 24.0 Å². The summed E-state index contributed by atoms with van der Waals surface area (Å²) in [5.41, 5.74) is 1.97. The molecule has 0 saturated carbocycles. The number of carbonyl (C=O) groups is 2. The van der Waals surface area contributed by atoms with Crippen molar-refractivity contribution in [1.29, 1.82) is 0 Å². The van der Waals surface area contributed by atoms with Crippen molar-refractivity contribution >= 4 is 17.3 Å². The van der Waals surface area contributed by atoms with Crippen LogP contribution in [0.4, 0.5) is 0 Å². The summed E-state index contributed by atoms with van der Waals surface area (Å²) >= 11 is 0. The summed E-state index contributed by atoms with van der Waals surface area (Å²) in [7, 11) is 1.31. The molecule has 1 aliphatic carbocycles. The van der Waals surface area contributed by atoms with E-state index in [1.54, 1.807) is 0 Å². The predicted molar refractivity (Wildman–Crippen MR) is 64.2 cm³/mol. The Hall–Kier alpha value is -1.90. The second-order valence-electron chi connectivity index (χ2n) is 3.99. The van der Waals surface area contributed by atoms with Crippen LogP contribution in [0.1, 0.15) is 24.8 Å². The van der Waals surface area contributed by atoms with Crippen LogP contribution in [0.15, 0.2) is 35.9 Å². The summed E-state index contributed by atoms with van der Waals surface area (Å²) in [5, 5.41) is 0. The monoisotopic (exact) mass is 230 g/mol. The molecule has 0 fully saturated rings. The SMILES string of the molecule is COC(=O)C1=C(c2ccccc2)CCCC1=O. The molecule has 0 saturated heterocycles. The molecule has 0 aliphatic heterocycles. The third kappa shape index (κ3) is 2.28. The molecule has 0 bridgehead atoms. The van der Waals surface area contributed by atoms with Gasteiger partial charge >= 0.3 is 5.97 Å². The molecule has 3 heteroatoms. The lowest BCUT2D eigenvalue weighted by Gasteiger charge is -2.17. The zero-order chi connectivity index (χ0) is 12.3. The van der Waals surface area contributed by atoms with Gasteiger partial charge in [0.15, 0.2) is 5.78 Å². The fraction of sp³-hybridized carbons (Fsp3) is 0.286. The predicted octanol–water partition coefficient (Wildman–Crippen LogP) is 2.37. The molecule has 0 aromatic heterocycles. The van der Waals surface area contributed by atoms with Gasteiger partial charge < -0.3 is 4.74 Å². The Balaban J connectivity index is 2.52. The average Bonchev–Trinajstić information content (AvgIpc) is 2.38. The zero-order valence-electron chi connectivity index (χ0n) is 9.73. The first-order chi connectivity index (χ1) is 8.24. The Morgan fingerprint density at radius 1 is 1.18 bits per heavy atom. The Morgan fingerprint density at radius 3 is 2.53 bits per heavy atom. The topological polar surface area (TPSA) is 43.4 Å². The number of carbonyl (C=O) groups excluding carboxylic acids is 2. The van der Waals surface area contributed by atoms with Crippen molar-refractivity contribution in [1.82, 2.24) is 0 Å². The van der Waals surface area contributed by atoms with E-state index in [0.29, 0.717) is 6.42 Å². The minimum atomic E-state index is -0.520. The largest absolute Gasteiger partial charge is 0.465 e. The van der Waals surface area contributed by atoms with E-state index in [-0.39, 0.29) is 11.4 Å². The van der Waals surface area contributed by atoms with Gasteiger partial charge in [-0.25, -0.2) is 4.79 Å². The summed E-state index contributed by atoms with van der Waals surface area (Å²) in [6.07, 6.45) is 1.98. The Labute approximate surface area is 100 Å². The van der Waals surface area contributed by atoms with Gasteiger partial charge in [-0.2, -0.15) is 0 Å². The third-order valence-corrected chi connectivity index (χ3v) is 2.92. The number of Topliss-reactive ketones (excluding diaryl/α,β-unsaturated/α-hetero) is 1. The molecule has 3 nitrogen and oxygen atoms in total. The second kappa shape index (κ2) is 4.95. The van der Waals surface area contributed by atoms with E-state index in [2.05, 4.69) is 0 Å². The minimum Gasteiger partial charge on any atom is -0.465 e. The number of esters is 1. The first kappa shape index (κ1) is 11.6. The molecule has 0 radical (unpaired) electrons. The zero-order valence-corrected chi connectivity index (χ0v) is 9.73. The lowest BCUT2D eigenvalue weighted by molar-refractivity contribution is -0.137.